The normalized spacial score (nSPS) is 6.67. The third kappa shape index (κ3) is 114. The summed E-state index contributed by atoms with van der Waals surface area (Å²) < 4.78 is 0. The Kier molecular flexibility index (Phi) is 44.0. The molecule has 0 nitrogen and oxygen atoms in total. The van der Waals surface area contributed by atoms with Crippen molar-refractivity contribution in [2.24, 2.45) is 0 Å². The van der Waals surface area contributed by atoms with E-state index in [9.17, 15) is 0 Å². The summed E-state index contributed by atoms with van der Waals surface area (Å²) in [6, 6.07) is 0. The van der Waals surface area contributed by atoms with Crippen molar-refractivity contribution in [3.8, 4) is 0 Å². The first-order valence-corrected chi connectivity index (χ1v) is 2.37. The molecule has 0 N–H and O–H groups in total. The minimum atomic E-state index is 0. The average molecular weight is 298 g/mol. The molecule has 2 radical (unpaired) electrons. The molecule has 0 amide bonds. The molecule has 1 unspecified atom stereocenters. The van der Waals surface area contributed by atoms with Gasteiger partial charge in [-0.1, -0.05) is 20.8 Å². The molecule has 0 bridgehead atoms. The molecule has 3 heteroatoms. The van der Waals surface area contributed by atoms with Crippen molar-refractivity contribution < 1.29 is 65.4 Å². The van der Waals surface area contributed by atoms with Crippen LogP contribution in [0.3, 0.4) is 0 Å². The molecule has 0 rings (SSSR count). The first-order chi connectivity index (χ1) is 2.00. The molecule has 0 aromatic heterocycles. The maximum Gasteiger partial charge on any atom is 0 e. The summed E-state index contributed by atoms with van der Waals surface area (Å²) in [6.07, 6.45) is 0. The molecule has 54 valence electrons. The van der Waals surface area contributed by atoms with E-state index in [-0.39, 0.29) is 80.3 Å². The van der Waals surface area contributed by atoms with E-state index < -0.39 is 0 Å². The van der Waals surface area contributed by atoms with Crippen molar-refractivity contribution >= 4 is 9.24 Å². The standard InChI is InChI=1S/C4H11P.2CH3.2Y/c1-4(2,3)5;;;;/h5H2,1-3H3;2*1H3;;/q;2*-1;;. The summed E-state index contributed by atoms with van der Waals surface area (Å²) in [5.74, 6) is 0. The second-order valence-corrected chi connectivity index (χ2v) is 4.10. The zero-order valence-corrected chi connectivity index (χ0v) is 14.1. The van der Waals surface area contributed by atoms with Gasteiger partial charge in [-0.15, -0.1) is 9.24 Å². The van der Waals surface area contributed by atoms with Crippen LogP contribution in [0.4, 0.5) is 0 Å². The van der Waals surface area contributed by atoms with Gasteiger partial charge in [0.05, 0.1) is 0 Å². The van der Waals surface area contributed by atoms with Gasteiger partial charge in [-0.2, -0.15) is 0 Å². The van der Waals surface area contributed by atoms with E-state index in [1.807, 2.05) is 0 Å². The molecular weight excluding hydrogens is 281 g/mol. The number of hydrogen-bond donors (Lipinski definition) is 0. The smallest absolute Gasteiger partial charge is 0 e. The Labute approximate surface area is 114 Å². The summed E-state index contributed by atoms with van der Waals surface area (Å²) in [5.41, 5.74) is 0. The largest absolute Gasteiger partial charge is 0.358 e. The quantitative estimate of drug-likeness (QED) is 0.476. The average Bonchev–Trinajstić information content (AvgIpc) is 0.722. The molecule has 0 aliphatic carbocycles. The molecule has 0 saturated heterocycles. The van der Waals surface area contributed by atoms with E-state index in [1.54, 1.807) is 0 Å². The SMILES string of the molecule is CC(C)(C)P.[CH3-].[CH3-].[Y].[Y]. The van der Waals surface area contributed by atoms with Gasteiger partial charge in [0.1, 0.15) is 0 Å². The van der Waals surface area contributed by atoms with Gasteiger partial charge in [-0.25, -0.2) is 0 Å². The van der Waals surface area contributed by atoms with Crippen molar-refractivity contribution in [3.63, 3.8) is 0 Å². The second kappa shape index (κ2) is 13.2. The van der Waals surface area contributed by atoms with E-state index in [0.717, 1.165) is 0 Å². The van der Waals surface area contributed by atoms with Crippen molar-refractivity contribution in [1.29, 1.82) is 0 Å². The summed E-state index contributed by atoms with van der Waals surface area (Å²) in [6.45, 7) is 6.45. The molecule has 0 fully saturated rings. The molecule has 0 heterocycles. The van der Waals surface area contributed by atoms with E-state index in [4.69, 9.17) is 0 Å². The number of rotatable bonds is 0. The topological polar surface area (TPSA) is 0 Å². The maximum absolute atomic E-state index is 2.72. The minimum Gasteiger partial charge on any atom is -0.358 e. The molecule has 0 aromatic carbocycles. The van der Waals surface area contributed by atoms with Gasteiger partial charge in [0.2, 0.25) is 0 Å². The zero-order valence-electron chi connectivity index (χ0n) is 7.23. The fourth-order valence-corrected chi connectivity index (χ4v) is 0. The maximum atomic E-state index is 2.72. The van der Waals surface area contributed by atoms with Gasteiger partial charge in [-0.3, -0.25) is 0 Å². The van der Waals surface area contributed by atoms with E-state index in [1.165, 1.54) is 0 Å². The first kappa shape index (κ1) is 29.9. The van der Waals surface area contributed by atoms with Gasteiger partial charge >= 0.3 is 0 Å². The molecule has 9 heavy (non-hydrogen) atoms. The van der Waals surface area contributed by atoms with E-state index >= 15 is 0 Å². The van der Waals surface area contributed by atoms with Crippen LogP contribution in [0.25, 0.3) is 0 Å². The van der Waals surface area contributed by atoms with Crippen LogP contribution in [-0.4, -0.2) is 5.16 Å². The van der Waals surface area contributed by atoms with Crippen molar-refractivity contribution in [3.05, 3.63) is 14.9 Å². The molecule has 0 saturated carbocycles. The van der Waals surface area contributed by atoms with Crippen LogP contribution in [0, 0.1) is 14.9 Å². The fraction of sp³-hybridized carbons (Fsp3) is 0.667. The summed E-state index contributed by atoms with van der Waals surface area (Å²) in [5, 5.41) is 0.417. The summed E-state index contributed by atoms with van der Waals surface area (Å²) >= 11 is 0. The Bertz CT molecular complexity index is 26.5. The van der Waals surface area contributed by atoms with Crippen LogP contribution >= 0.6 is 9.24 Å². The zero-order chi connectivity index (χ0) is 4.50. The monoisotopic (exact) mass is 298 g/mol. The Morgan fingerprint density at radius 3 is 0.889 bits per heavy atom. The Hall–Kier alpha value is 2.64. The van der Waals surface area contributed by atoms with Crippen LogP contribution in [0.15, 0.2) is 0 Å². The van der Waals surface area contributed by atoms with Crippen LogP contribution < -0.4 is 0 Å². The summed E-state index contributed by atoms with van der Waals surface area (Å²) in [7, 11) is 2.72. The molecule has 0 aliphatic rings. The van der Waals surface area contributed by atoms with Crippen molar-refractivity contribution in [2.75, 3.05) is 0 Å². The molecular formula is C6H17PY2-2. The summed E-state index contributed by atoms with van der Waals surface area (Å²) in [4.78, 5) is 0. The second-order valence-electron chi connectivity index (χ2n) is 2.37. The van der Waals surface area contributed by atoms with Gasteiger partial charge in [0.25, 0.3) is 0 Å². The Morgan fingerprint density at radius 1 is 0.889 bits per heavy atom. The molecule has 0 aliphatic heterocycles. The fourth-order valence-electron chi connectivity index (χ4n) is 0. The van der Waals surface area contributed by atoms with Gasteiger partial charge in [0.15, 0.2) is 0 Å². The predicted octanol–water partition coefficient (Wildman–Crippen LogP) is 2.56. The van der Waals surface area contributed by atoms with E-state index in [0.29, 0.717) is 5.16 Å². The van der Waals surface area contributed by atoms with Gasteiger partial charge in [0, 0.05) is 65.4 Å². The van der Waals surface area contributed by atoms with Crippen LogP contribution in [0.1, 0.15) is 20.8 Å². The van der Waals surface area contributed by atoms with E-state index in [2.05, 4.69) is 30.0 Å². The number of hydrogen-bond acceptors (Lipinski definition) is 0. The van der Waals surface area contributed by atoms with Crippen LogP contribution in [0.5, 0.6) is 0 Å². The minimum absolute atomic E-state index is 0. The predicted molar refractivity (Wildman–Crippen MR) is 42.3 cm³/mol. The molecule has 0 spiro atoms. The third-order valence-electron chi connectivity index (χ3n) is 0. The van der Waals surface area contributed by atoms with Crippen molar-refractivity contribution in [2.45, 2.75) is 25.9 Å². The molecule has 0 aromatic rings. The van der Waals surface area contributed by atoms with Crippen LogP contribution in [0.2, 0.25) is 0 Å². The van der Waals surface area contributed by atoms with Crippen molar-refractivity contribution in [1.82, 2.24) is 0 Å². The Morgan fingerprint density at radius 2 is 0.889 bits per heavy atom. The van der Waals surface area contributed by atoms with Gasteiger partial charge < -0.3 is 14.9 Å². The third-order valence-corrected chi connectivity index (χ3v) is 0. The van der Waals surface area contributed by atoms with Gasteiger partial charge in [-0.05, 0) is 5.16 Å². The molecule has 1 atom stereocenters. The Balaban J connectivity index is -0.0000000133. The van der Waals surface area contributed by atoms with Crippen LogP contribution in [-0.2, 0) is 65.4 Å². The first-order valence-electron chi connectivity index (χ1n) is 1.79.